The van der Waals surface area contributed by atoms with E-state index in [1.807, 2.05) is 11.0 Å². The van der Waals surface area contributed by atoms with Crippen LogP contribution in [0.1, 0.15) is 68.0 Å². The molecule has 0 aliphatic heterocycles. The number of methoxy groups -OCH3 is 1. The number of carbonyl (C=O) groups is 2. The Labute approximate surface area is 173 Å². The van der Waals surface area contributed by atoms with Crippen LogP contribution in [0.3, 0.4) is 0 Å². The van der Waals surface area contributed by atoms with Crippen LogP contribution in [-0.2, 0) is 9.53 Å². The predicted octanol–water partition coefficient (Wildman–Crippen LogP) is 4.76. The molecule has 0 bridgehead atoms. The number of hydrogen-bond acceptors (Lipinski definition) is 5. The molecule has 2 fully saturated rings. The number of nitrogens with zero attached hydrogens (tertiary/aromatic N) is 1. The molecule has 27 heavy (non-hydrogen) atoms. The lowest BCUT2D eigenvalue weighted by atomic mass is 9.81. The summed E-state index contributed by atoms with van der Waals surface area (Å²) in [5.41, 5.74) is 0.656. The largest absolute Gasteiger partial charge is 0.465 e. The number of halogens is 1. The van der Waals surface area contributed by atoms with E-state index in [0.717, 1.165) is 42.3 Å². The van der Waals surface area contributed by atoms with E-state index in [0.29, 0.717) is 29.3 Å². The summed E-state index contributed by atoms with van der Waals surface area (Å²) in [6.07, 6.45) is 6.56. The maximum atomic E-state index is 13.6. The normalized spacial score (nSPS) is 28.6. The van der Waals surface area contributed by atoms with E-state index < -0.39 is 5.97 Å². The van der Waals surface area contributed by atoms with Crippen LogP contribution in [0.25, 0.3) is 0 Å². The minimum atomic E-state index is -0.411. The van der Waals surface area contributed by atoms with E-state index >= 15 is 0 Å². The maximum absolute atomic E-state index is 13.6. The van der Waals surface area contributed by atoms with Crippen molar-refractivity contribution in [1.82, 2.24) is 0 Å². The zero-order chi connectivity index (χ0) is 19.6. The molecule has 150 valence electrons. The molecule has 0 saturated heterocycles. The lowest BCUT2D eigenvalue weighted by Gasteiger charge is -2.38. The van der Waals surface area contributed by atoms with Gasteiger partial charge in [-0.2, -0.15) is 0 Å². The van der Waals surface area contributed by atoms with Crippen LogP contribution in [0.4, 0.5) is 5.69 Å². The van der Waals surface area contributed by atoms with Crippen LogP contribution in [0.5, 0.6) is 0 Å². The van der Waals surface area contributed by atoms with Crippen molar-refractivity contribution in [2.45, 2.75) is 70.4 Å². The number of aliphatic hydroxyl groups excluding tert-OH is 1. The number of amides is 1. The van der Waals surface area contributed by atoms with E-state index in [9.17, 15) is 14.7 Å². The Bertz CT molecular complexity index is 676. The first-order valence-electron chi connectivity index (χ1n) is 9.79. The first-order valence-corrected chi connectivity index (χ1v) is 11.4. The zero-order valence-electron chi connectivity index (χ0n) is 15.9. The molecule has 1 aromatic heterocycles. The van der Waals surface area contributed by atoms with E-state index in [-0.39, 0.29) is 24.0 Å². The summed E-state index contributed by atoms with van der Waals surface area (Å²) in [5.74, 6) is 0.399. The van der Waals surface area contributed by atoms with Crippen LogP contribution in [0.2, 0.25) is 0 Å². The SMILES string of the molecule is COC(=O)c1sc(Br)cc1N(C(=O)[C@H]1CC[C@H](C)CC1)C1CCC(O)CC1. The van der Waals surface area contributed by atoms with Crippen molar-refractivity contribution in [3.05, 3.63) is 14.7 Å². The van der Waals surface area contributed by atoms with E-state index in [4.69, 9.17) is 4.74 Å². The van der Waals surface area contributed by atoms with Crippen LogP contribution < -0.4 is 4.90 Å². The minimum absolute atomic E-state index is 0.0113. The minimum Gasteiger partial charge on any atom is -0.465 e. The molecule has 2 saturated carbocycles. The molecule has 7 heteroatoms. The maximum Gasteiger partial charge on any atom is 0.350 e. The van der Waals surface area contributed by atoms with Gasteiger partial charge in [-0.3, -0.25) is 4.79 Å². The second-order valence-electron chi connectivity index (χ2n) is 7.88. The summed E-state index contributed by atoms with van der Waals surface area (Å²) < 4.78 is 5.77. The van der Waals surface area contributed by atoms with Gasteiger partial charge in [-0.1, -0.05) is 6.92 Å². The summed E-state index contributed by atoms with van der Waals surface area (Å²) in [6, 6.07) is 1.89. The molecule has 2 aliphatic carbocycles. The van der Waals surface area contributed by atoms with Crippen molar-refractivity contribution in [2.24, 2.45) is 11.8 Å². The number of aliphatic hydroxyl groups is 1. The van der Waals surface area contributed by atoms with Crippen molar-refractivity contribution < 1.29 is 19.4 Å². The quantitative estimate of drug-likeness (QED) is 0.661. The van der Waals surface area contributed by atoms with E-state index in [1.54, 1.807) is 0 Å². The van der Waals surface area contributed by atoms with Gasteiger partial charge in [-0.05, 0) is 79.3 Å². The summed E-state index contributed by atoms with van der Waals surface area (Å²) in [4.78, 5) is 28.2. The third kappa shape index (κ3) is 4.74. The summed E-state index contributed by atoms with van der Waals surface area (Å²) in [5, 5.41) is 9.90. The van der Waals surface area contributed by atoms with Gasteiger partial charge >= 0.3 is 5.97 Å². The Morgan fingerprint density at radius 2 is 1.78 bits per heavy atom. The molecule has 1 N–H and O–H groups in total. The van der Waals surface area contributed by atoms with Gasteiger partial charge in [0.15, 0.2) is 0 Å². The van der Waals surface area contributed by atoms with Crippen molar-refractivity contribution >= 4 is 44.8 Å². The second-order valence-corrected chi connectivity index (χ2v) is 10.3. The van der Waals surface area contributed by atoms with Crippen LogP contribution in [0, 0.1) is 11.8 Å². The first kappa shape index (κ1) is 20.8. The number of thiophene rings is 1. The van der Waals surface area contributed by atoms with Gasteiger partial charge in [0.25, 0.3) is 0 Å². The Morgan fingerprint density at radius 3 is 2.37 bits per heavy atom. The van der Waals surface area contributed by atoms with Crippen molar-refractivity contribution in [3.63, 3.8) is 0 Å². The average molecular weight is 458 g/mol. The number of anilines is 1. The summed E-state index contributed by atoms with van der Waals surface area (Å²) in [6.45, 7) is 2.24. The molecular formula is C20H28BrNO4S. The van der Waals surface area contributed by atoms with Crippen LogP contribution in [0.15, 0.2) is 9.85 Å². The highest BCUT2D eigenvalue weighted by Crippen LogP contribution is 2.40. The van der Waals surface area contributed by atoms with E-state index in [2.05, 4.69) is 22.9 Å². The molecule has 1 aromatic rings. The summed E-state index contributed by atoms with van der Waals surface area (Å²) >= 11 is 4.77. The highest BCUT2D eigenvalue weighted by molar-refractivity contribution is 9.11. The number of rotatable bonds is 4. The van der Waals surface area contributed by atoms with Crippen molar-refractivity contribution in [1.29, 1.82) is 0 Å². The van der Waals surface area contributed by atoms with Gasteiger partial charge in [0.1, 0.15) is 4.88 Å². The molecule has 0 spiro atoms. The molecule has 1 amide bonds. The standard InChI is InChI=1S/C20H28BrNO4S/c1-12-3-5-13(6-4-12)19(24)22(14-7-9-15(23)10-8-14)16-11-17(21)27-18(16)20(25)26-2/h11-15,23H,3-10H2,1-2H3/t12-,13-,14?,15?. The second kappa shape index (κ2) is 9.05. The Morgan fingerprint density at radius 1 is 1.15 bits per heavy atom. The fourth-order valence-corrected chi connectivity index (χ4v) is 5.78. The lowest BCUT2D eigenvalue weighted by Crippen LogP contribution is -2.47. The Kier molecular flexibility index (Phi) is 6.98. The molecule has 3 rings (SSSR count). The van der Waals surface area contributed by atoms with Gasteiger partial charge < -0.3 is 14.7 Å². The third-order valence-corrected chi connectivity index (χ3v) is 7.55. The van der Waals surface area contributed by atoms with Gasteiger partial charge in [0.05, 0.1) is 22.7 Å². The zero-order valence-corrected chi connectivity index (χ0v) is 18.4. The summed E-state index contributed by atoms with van der Waals surface area (Å²) in [7, 11) is 1.37. The highest BCUT2D eigenvalue weighted by Gasteiger charge is 2.37. The monoisotopic (exact) mass is 457 g/mol. The van der Waals surface area contributed by atoms with Gasteiger partial charge in [0, 0.05) is 12.0 Å². The van der Waals surface area contributed by atoms with E-state index in [1.165, 1.54) is 18.4 Å². The lowest BCUT2D eigenvalue weighted by molar-refractivity contribution is -0.124. The number of carbonyl (C=O) groups excluding carboxylic acids is 2. The molecule has 2 aliphatic rings. The Hall–Kier alpha value is -0.920. The third-order valence-electron chi connectivity index (χ3n) is 5.95. The van der Waals surface area contributed by atoms with Crippen molar-refractivity contribution in [2.75, 3.05) is 12.0 Å². The molecule has 1 heterocycles. The molecule has 0 atom stereocenters. The van der Waals surface area contributed by atoms with Gasteiger partial charge in [-0.25, -0.2) is 4.79 Å². The fourth-order valence-electron chi connectivity index (χ4n) is 4.29. The molecule has 0 unspecified atom stereocenters. The van der Waals surface area contributed by atoms with Gasteiger partial charge in [0.2, 0.25) is 5.91 Å². The molecular weight excluding hydrogens is 430 g/mol. The molecule has 0 radical (unpaired) electrons. The average Bonchev–Trinajstić information content (AvgIpc) is 3.04. The van der Waals surface area contributed by atoms with Crippen molar-refractivity contribution in [3.8, 4) is 0 Å². The van der Waals surface area contributed by atoms with Gasteiger partial charge in [-0.15, -0.1) is 11.3 Å². The number of ether oxygens (including phenoxy) is 1. The predicted molar refractivity (Wildman–Crippen MR) is 110 cm³/mol. The smallest absolute Gasteiger partial charge is 0.350 e. The number of esters is 1. The first-order chi connectivity index (χ1) is 12.9. The molecule has 5 nitrogen and oxygen atoms in total. The number of hydrogen-bond donors (Lipinski definition) is 1. The fraction of sp³-hybridized carbons (Fsp3) is 0.700. The Balaban J connectivity index is 1.93. The highest BCUT2D eigenvalue weighted by atomic mass is 79.9. The topological polar surface area (TPSA) is 66.8 Å². The van der Waals surface area contributed by atoms with Crippen LogP contribution in [-0.4, -0.2) is 36.2 Å². The molecule has 0 aromatic carbocycles. The van der Waals surface area contributed by atoms with Crippen LogP contribution >= 0.6 is 27.3 Å².